The van der Waals surface area contributed by atoms with Gasteiger partial charge in [0, 0.05) is 21.3 Å². The number of methoxy groups -OCH3 is 3. The summed E-state index contributed by atoms with van der Waals surface area (Å²) in [6, 6.07) is 0. The van der Waals surface area contributed by atoms with E-state index in [4.69, 9.17) is 14.2 Å². The topological polar surface area (TPSA) is 27.7 Å². The van der Waals surface area contributed by atoms with Crippen LogP contribution in [0.4, 0.5) is 0 Å². The van der Waals surface area contributed by atoms with Crippen LogP contribution < -0.4 is 0 Å². The highest BCUT2D eigenvalue weighted by Gasteiger charge is 2.16. The van der Waals surface area contributed by atoms with Gasteiger partial charge in [0.1, 0.15) is 0 Å². The first kappa shape index (κ1) is 23.2. The summed E-state index contributed by atoms with van der Waals surface area (Å²) in [4.78, 5) is 0. The number of ether oxygens (including phenoxy) is 3. The van der Waals surface area contributed by atoms with Gasteiger partial charge < -0.3 is 14.2 Å². The maximum absolute atomic E-state index is 5.36. The van der Waals surface area contributed by atoms with Gasteiger partial charge in [0.25, 0.3) is 0 Å². The Morgan fingerprint density at radius 2 is 0.750 bits per heavy atom. The van der Waals surface area contributed by atoms with E-state index in [0.29, 0.717) is 0 Å². The van der Waals surface area contributed by atoms with Gasteiger partial charge in [-0.05, 0) is 74.7 Å². The van der Waals surface area contributed by atoms with Gasteiger partial charge in [-0.1, -0.05) is 0 Å². The molecule has 0 spiro atoms. The molecule has 1 aliphatic rings. The van der Waals surface area contributed by atoms with Gasteiger partial charge in [0.05, 0.1) is 19.8 Å². The fraction of sp³-hybridized carbons (Fsp3) is 1.00. The van der Waals surface area contributed by atoms with Crippen molar-refractivity contribution >= 4 is 23.8 Å². The Balaban J connectivity index is 2.52. The second-order valence-corrected chi connectivity index (χ2v) is 14.6. The van der Waals surface area contributed by atoms with Crippen molar-refractivity contribution in [3.63, 3.8) is 0 Å². The molecule has 0 aromatic rings. The van der Waals surface area contributed by atoms with Gasteiger partial charge in [0.15, 0.2) is 0 Å². The van der Waals surface area contributed by atoms with Crippen LogP contribution in [-0.4, -0.2) is 96.6 Å². The van der Waals surface area contributed by atoms with Crippen LogP contribution in [0.2, 0.25) is 0 Å². The second-order valence-electron chi connectivity index (χ2n) is 6.56. The number of rotatable bonds is 9. The maximum atomic E-state index is 5.36. The summed E-state index contributed by atoms with van der Waals surface area (Å²) in [5.74, 6) is 0. The molecule has 24 heavy (non-hydrogen) atoms. The highest BCUT2D eigenvalue weighted by molar-refractivity contribution is 7.59. The molecular formula is C18H39O3P3. The SMILES string of the molecule is COCCP1CCCP(CCOC)CCCP(CCOC)CCC1. The molecule has 1 saturated heterocycles. The summed E-state index contributed by atoms with van der Waals surface area (Å²) in [5, 5.41) is 0. The molecule has 0 atom stereocenters. The zero-order chi connectivity index (χ0) is 17.5. The van der Waals surface area contributed by atoms with Crippen molar-refractivity contribution in [1.29, 1.82) is 0 Å². The third-order valence-electron chi connectivity index (χ3n) is 4.68. The molecule has 1 fully saturated rings. The molecule has 0 radical (unpaired) electrons. The minimum absolute atomic E-state index is 0.199. The van der Waals surface area contributed by atoms with Crippen LogP contribution in [0.25, 0.3) is 0 Å². The predicted octanol–water partition coefficient (Wildman–Crippen LogP) is 4.56. The average molecular weight is 396 g/mol. The molecule has 1 aliphatic heterocycles. The van der Waals surface area contributed by atoms with Crippen LogP contribution in [0.1, 0.15) is 19.3 Å². The van der Waals surface area contributed by atoms with Crippen LogP contribution in [0.3, 0.4) is 0 Å². The Labute approximate surface area is 154 Å². The fourth-order valence-corrected chi connectivity index (χ4v) is 10.9. The Morgan fingerprint density at radius 3 is 0.958 bits per heavy atom. The fourth-order valence-electron chi connectivity index (χ4n) is 3.22. The normalized spacial score (nSPS) is 27.4. The standard InChI is InChI=1S/C18H39O3P3/c1-19-7-16-22-10-4-12-23(17-8-20-2)14-6-15-24(13-5-11-22)18-9-21-3/h4-18H2,1-3H3. The van der Waals surface area contributed by atoms with Crippen molar-refractivity contribution in [3.8, 4) is 0 Å². The van der Waals surface area contributed by atoms with Crippen LogP contribution in [0.5, 0.6) is 0 Å². The van der Waals surface area contributed by atoms with Crippen molar-refractivity contribution in [1.82, 2.24) is 0 Å². The van der Waals surface area contributed by atoms with Crippen molar-refractivity contribution in [2.24, 2.45) is 0 Å². The van der Waals surface area contributed by atoms with Crippen molar-refractivity contribution in [2.75, 3.05) is 96.6 Å². The third kappa shape index (κ3) is 11.7. The zero-order valence-electron chi connectivity index (χ0n) is 16.2. The molecular weight excluding hydrogens is 357 g/mol. The molecule has 3 nitrogen and oxygen atoms in total. The summed E-state index contributed by atoms with van der Waals surface area (Å²) < 4.78 is 16.1. The van der Waals surface area contributed by atoms with Crippen LogP contribution in [0.15, 0.2) is 0 Å². The summed E-state index contributed by atoms with van der Waals surface area (Å²) in [7, 11) is 6.14. The molecule has 0 aromatic carbocycles. The predicted molar refractivity (Wildman–Crippen MR) is 114 cm³/mol. The molecule has 0 aliphatic carbocycles. The van der Waals surface area contributed by atoms with Crippen molar-refractivity contribution in [2.45, 2.75) is 19.3 Å². The van der Waals surface area contributed by atoms with E-state index in [0.717, 1.165) is 19.8 Å². The lowest BCUT2D eigenvalue weighted by molar-refractivity contribution is 0.218. The highest BCUT2D eigenvalue weighted by atomic mass is 31.1. The first-order valence-corrected chi connectivity index (χ1v) is 15.1. The molecule has 0 unspecified atom stereocenters. The molecule has 0 bridgehead atoms. The quantitative estimate of drug-likeness (QED) is 0.535. The van der Waals surface area contributed by atoms with E-state index in [1.54, 1.807) is 0 Å². The molecule has 0 saturated carbocycles. The number of hydrogen-bond acceptors (Lipinski definition) is 3. The van der Waals surface area contributed by atoms with E-state index in [1.165, 1.54) is 74.7 Å². The Morgan fingerprint density at radius 1 is 0.500 bits per heavy atom. The first-order valence-electron chi connectivity index (χ1n) is 9.44. The van der Waals surface area contributed by atoms with Crippen LogP contribution in [0, 0.1) is 0 Å². The lowest BCUT2D eigenvalue weighted by Gasteiger charge is -2.25. The summed E-state index contributed by atoms with van der Waals surface area (Å²) in [6.07, 6.45) is 17.1. The third-order valence-corrected chi connectivity index (χ3v) is 12.8. The summed E-state index contributed by atoms with van der Waals surface area (Å²) >= 11 is 0. The Kier molecular flexibility index (Phi) is 15.8. The van der Waals surface area contributed by atoms with E-state index in [2.05, 4.69) is 0 Å². The van der Waals surface area contributed by atoms with Gasteiger partial charge in [-0.25, -0.2) is 0 Å². The highest BCUT2D eigenvalue weighted by Crippen LogP contribution is 2.46. The van der Waals surface area contributed by atoms with Crippen LogP contribution in [-0.2, 0) is 14.2 Å². The zero-order valence-corrected chi connectivity index (χ0v) is 18.9. The van der Waals surface area contributed by atoms with Gasteiger partial charge in [-0.15, -0.1) is 23.8 Å². The number of hydrogen-bond donors (Lipinski definition) is 0. The van der Waals surface area contributed by atoms with Gasteiger partial charge in [-0.2, -0.15) is 0 Å². The largest absolute Gasteiger partial charge is 0.384 e. The van der Waals surface area contributed by atoms with Gasteiger partial charge >= 0.3 is 0 Å². The van der Waals surface area contributed by atoms with Crippen molar-refractivity contribution in [3.05, 3.63) is 0 Å². The smallest absolute Gasteiger partial charge is 0.0501 e. The van der Waals surface area contributed by atoms with Crippen molar-refractivity contribution < 1.29 is 14.2 Å². The minimum atomic E-state index is 0.199. The lowest BCUT2D eigenvalue weighted by atomic mass is 10.5. The molecule has 0 N–H and O–H groups in total. The summed E-state index contributed by atoms with van der Waals surface area (Å²) in [5.41, 5.74) is 0. The molecule has 1 rings (SSSR count). The molecule has 144 valence electrons. The van der Waals surface area contributed by atoms with Gasteiger partial charge in [0.2, 0.25) is 0 Å². The first-order chi connectivity index (χ1) is 11.8. The molecule has 6 heteroatoms. The lowest BCUT2D eigenvalue weighted by Crippen LogP contribution is -2.09. The molecule has 0 amide bonds. The molecule has 1 heterocycles. The van der Waals surface area contributed by atoms with E-state index in [1.807, 2.05) is 21.3 Å². The average Bonchev–Trinajstić information content (AvgIpc) is 2.59. The Hall–Kier alpha value is 1.17. The Bertz CT molecular complexity index is 227. The maximum Gasteiger partial charge on any atom is 0.0501 e. The van der Waals surface area contributed by atoms with E-state index < -0.39 is 0 Å². The van der Waals surface area contributed by atoms with Crippen LogP contribution >= 0.6 is 23.8 Å². The van der Waals surface area contributed by atoms with E-state index >= 15 is 0 Å². The molecule has 0 aromatic heterocycles. The second kappa shape index (κ2) is 16.4. The van der Waals surface area contributed by atoms with Gasteiger partial charge in [-0.3, -0.25) is 0 Å². The summed E-state index contributed by atoms with van der Waals surface area (Å²) in [6.45, 7) is 2.88. The monoisotopic (exact) mass is 396 g/mol. The van der Waals surface area contributed by atoms with E-state index in [-0.39, 0.29) is 23.8 Å². The minimum Gasteiger partial charge on any atom is -0.384 e. The van der Waals surface area contributed by atoms with E-state index in [9.17, 15) is 0 Å².